The molecule has 1 saturated carbocycles. The Hall–Kier alpha value is -6.62. The van der Waals surface area contributed by atoms with E-state index in [9.17, 15) is 40.8 Å². The molecule has 6 fully saturated rings. The van der Waals surface area contributed by atoms with E-state index in [0.29, 0.717) is 31.2 Å². The number of fused-ring (bicyclic) bond motifs is 3. The molecule has 11 atom stereocenters. The second-order valence-corrected chi connectivity index (χ2v) is 32.3. The molecule has 6 aliphatic rings. The third-order valence-electron chi connectivity index (χ3n) is 21.8. The number of likely N-dealkylation sites (N-methyl/N-ethyl adjacent to an activating group) is 6. The van der Waals surface area contributed by atoms with E-state index in [1.165, 1.54) is 94.5 Å². The number of aryl methyl sites for hydroxylation is 1. The molecule has 1 aromatic carbocycles. The van der Waals surface area contributed by atoms with E-state index in [1.54, 1.807) is 25.7 Å². The Morgan fingerprint density at radius 1 is 0.600 bits per heavy atom. The summed E-state index contributed by atoms with van der Waals surface area (Å²) in [5.41, 5.74) is -0.774. The van der Waals surface area contributed by atoms with Crippen LogP contribution in [-0.4, -0.2) is 276 Å². The quantitative estimate of drug-likeness (QED) is 0.305. The maximum atomic E-state index is 15.3. The summed E-state index contributed by atoms with van der Waals surface area (Å²) in [4.78, 5) is 179. The van der Waals surface area contributed by atoms with Crippen molar-refractivity contribution < 1.29 is 74.3 Å². The van der Waals surface area contributed by atoms with Crippen LogP contribution < -0.4 is 10.6 Å². The van der Waals surface area contributed by atoms with Crippen LogP contribution in [0.4, 0.5) is 13.2 Å². The Morgan fingerprint density at radius 3 is 1.69 bits per heavy atom. The SMILES string of the molecule is CC[C@H](C)[C@@H]1NC(=O)[C@H](CC(C)C)N(C)C(=O)C[C@@H](N2CCS(=O)(=O)CC2)N(C)C(=O)[C@H](C(C)C)N(C)C(=O)C2CCCN2C(=O)[C@@H]2CCCN2C(=O)[C@H](CCc2ccc(C(F)(F)F)c(Cl)c2)NC(=O)CN(C)C(=O)[C@H](CC2CCCCC2)N(C)C(=O)C2CCCN2C(=O)[C@H](C)N(C)C1=O. The van der Waals surface area contributed by atoms with E-state index in [0.717, 1.165) is 49.1 Å². The van der Waals surface area contributed by atoms with Crippen molar-refractivity contribution in [3.05, 3.63) is 34.3 Å². The van der Waals surface area contributed by atoms with Crippen molar-refractivity contribution in [2.45, 2.75) is 224 Å². The molecule has 0 spiro atoms. The van der Waals surface area contributed by atoms with Crippen LogP contribution in [0.1, 0.15) is 162 Å². The van der Waals surface area contributed by atoms with Crippen molar-refractivity contribution in [1.29, 1.82) is 0 Å². The van der Waals surface area contributed by atoms with E-state index in [4.69, 9.17) is 11.6 Å². The molecule has 0 aromatic heterocycles. The molecular formula is C70H108ClF3N12O13S. The van der Waals surface area contributed by atoms with Gasteiger partial charge in [0.2, 0.25) is 65.0 Å². The highest BCUT2D eigenvalue weighted by atomic mass is 35.5. The molecule has 7 rings (SSSR count). The van der Waals surface area contributed by atoms with E-state index < -0.39 is 177 Å². The summed E-state index contributed by atoms with van der Waals surface area (Å²) >= 11 is 6.16. The summed E-state index contributed by atoms with van der Waals surface area (Å²) in [6, 6.07) is -7.47. The average molecular weight is 1450 g/mol. The normalized spacial score (nSPS) is 28.9. The zero-order valence-electron chi connectivity index (χ0n) is 60.7. The molecule has 2 N–H and O–H groups in total. The standard InChI is InChI=1S/C70H108ClF3N12O13S/c1-14-44(6)59-68(96)78(9)45(7)62(90)84-30-18-23-51(84)65(93)80(11)55(39-46-21-16-15-17-22-46)64(92)77(8)41-56(87)75-50(29-27-47-26-28-48(49(71)38-47)70(72,73)74)63(91)85-31-20-25-53(85)67(95)86-32-19-24-52(86)66(94)82(13)60(43(4)5)69(97)81(12)57(83-33-35-100(98,99)36-34-83)40-58(88)79(10)54(37-42(2)3)61(89)76-59/h26,28,38,42-46,50-55,57,59-60H,14-25,27,29-37,39-41H2,1-13H3,(H,75,87)(H,76,89)/t44-,45-,50-,51?,52?,53-,54-,55-,57+,59-,60-/m0/s1. The molecule has 2 unspecified atom stereocenters. The first-order valence-corrected chi connectivity index (χ1v) is 38.0. The van der Waals surface area contributed by atoms with Crippen LogP contribution >= 0.6 is 11.6 Å². The zero-order chi connectivity index (χ0) is 74.2. The second-order valence-electron chi connectivity index (χ2n) is 29.5. The number of hydrogen-bond donors (Lipinski definition) is 2. The first-order chi connectivity index (χ1) is 46.9. The van der Waals surface area contributed by atoms with E-state index >= 15 is 33.6 Å². The summed E-state index contributed by atoms with van der Waals surface area (Å²) < 4.78 is 67.4. The Balaban J connectivity index is 1.29. The number of benzene rings is 1. The van der Waals surface area contributed by atoms with Gasteiger partial charge in [0, 0.05) is 75.0 Å². The second kappa shape index (κ2) is 34.6. The van der Waals surface area contributed by atoms with Gasteiger partial charge in [-0.25, -0.2) is 8.42 Å². The fourth-order valence-corrected chi connectivity index (χ4v) is 16.9. The minimum Gasteiger partial charge on any atom is -0.343 e. The maximum absolute atomic E-state index is 15.3. The van der Waals surface area contributed by atoms with Crippen molar-refractivity contribution in [3.8, 4) is 0 Å². The summed E-state index contributed by atoms with van der Waals surface area (Å²) in [5.74, 6) is -8.64. The molecule has 11 amide bonds. The van der Waals surface area contributed by atoms with Crippen molar-refractivity contribution in [2.75, 3.05) is 93.1 Å². The summed E-state index contributed by atoms with van der Waals surface area (Å²) in [6.07, 6.45) is 0.224. The number of halogens is 4. The predicted molar refractivity (Wildman–Crippen MR) is 369 cm³/mol. The summed E-state index contributed by atoms with van der Waals surface area (Å²) in [7, 11) is 5.19. The highest BCUT2D eigenvalue weighted by Gasteiger charge is 2.49. The lowest BCUT2D eigenvalue weighted by Crippen LogP contribution is -2.62. The van der Waals surface area contributed by atoms with Crippen LogP contribution in [0, 0.1) is 23.7 Å². The highest BCUT2D eigenvalue weighted by Crippen LogP contribution is 2.37. The molecule has 560 valence electrons. The van der Waals surface area contributed by atoms with E-state index in [-0.39, 0.29) is 101 Å². The van der Waals surface area contributed by atoms with Crippen molar-refractivity contribution in [3.63, 3.8) is 0 Å². The van der Waals surface area contributed by atoms with Gasteiger partial charge in [-0.2, -0.15) is 13.2 Å². The first-order valence-electron chi connectivity index (χ1n) is 35.8. The lowest BCUT2D eigenvalue weighted by molar-refractivity contribution is -0.156. The van der Waals surface area contributed by atoms with Gasteiger partial charge in [0.25, 0.3) is 0 Å². The molecular weight excluding hydrogens is 1340 g/mol. The molecule has 1 aromatic rings. The highest BCUT2D eigenvalue weighted by molar-refractivity contribution is 7.91. The Kier molecular flexibility index (Phi) is 27.9. The predicted octanol–water partition coefficient (Wildman–Crippen LogP) is 4.66. The molecule has 5 saturated heterocycles. The smallest absolute Gasteiger partial charge is 0.343 e. The van der Waals surface area contributed by atoms with Crippen molar-refractivity contribution in [2.24, 2.45) is 23.7 Å². The molecule has 0 bridgehead atoms. The molecule has 25 nitrogen and oxygen atoms in total. The van der Waals surface area contributed by atoms with Crippen LogP contribution in [0.25, 0.3) is 0 Å². The number of amides is 11. The van der Waals surface area contributed by atoms with Gasteiger partial charge in [-0.15, -0.1) is 0 Å². The number of sulfone groups is 1. The van der Waals surface area contributed by atoms with Crippen LogP contribution in [0.3, 0.4) is 0 Å². The Morgan fingerprint density at radius 2 is 1.15 bits per heavy atom. The summed E-state index contributed by atoms with van der Waals surface area (Å²) in [5, 5.41) is 5.14. The average Bonchev–Trinajstić information content (AvgIpc) is 1.63. The number of hydrogen-bond acceptors (Lipinski definition) is 14. The molecule has 5 aliphatic heterocycles. The van der Waals surface area contributed by atoms with Gasteiger partial charge in [-0.3, -0.25) is 57.6 Å². The lowest BCUT2D eigenvalue weighted by Gasteiger charge is -2.43. The Labute approximate surface area is 593 Å². The van der Waals surface area contributed by atoms with E-state index in [2.05, 4.69) is 10.6 Å². The van der Waals surface area contributed by atoms with Gasteiger partial charge in [-0.1, -0.05) is 97.7 Å². The minimum absolute atomic E-state index is 0.0177. The van der Waals surface area contributed by atoms with Gasteiger partial charge < -0.3 is 54.7 Å². The van der Waals surface area contributed by atoms with Gasteiger partial charge in [0.15, 0.2) is 9.84 Å². The van der Waals surface area contributed by atoms with E-state index in [1.807, 2.05) is 20.8 Å². The number of carbonyl (C=O) groups excluding carboxylic acids is 11. The molecule has 1 aliphatic carbocycles. The van der Waals surface area contributed by atoms with Gasteiger partial charge in [0.1, 0.15) is 54.4 Å². The first kappa shape index (κ1) is 80.7. The zero-order valence-corrected chi connectivity index (χ0v) is 62.3. The topological polar surface area (TPSA) is 278 Å². The minimum atomic E-state index is -4.76. The Bertz CT molecular complexity index is 3270. The van der Waals surface area contributed by atoms with Crippen LogP contribution in [-0.2, 0) is 75.2 Å². The third-order valence-corrected chi connectivity index (χ3v) is 23.7. The number of nitrogens with zero attached hydrogens (tertiary/aromatic N) is 10. The largest absolute Gasteiger partial charge is 0.417 e. The molecule has 100 heavy (non-hydrogen) atoms. The van der Waals surface area contributed by atoms with Crippen LogP contribution in [0.2, 0.25) is 5.02 Å². The third kappa shape index (κ3) is 19.2. The van der Waals surface area contributed by atoms with Gasteiger partial charge >= 0.3 is 6.18 Å². The van der Waals surface area contributed by atoms with Crippen LogP contribution in [0.5, 0.6) is 0 Å². The summed E-state index contributed by atoms with van der Waals surface area (Å²) in [6.45, 7) is 11.9. The molecule has 30 heteroatoms. The maximum Gasteiger partial charge on any atom is 0.417 e. The van der Waals surface area contributed by atoms with Crippen molar-refractivity contribution >= 4 is 86.4 Å². The fourth-order valence-electron chi connectivity index (χ4n) is 15.4. The number of rotatable bonds is 11. The van der Waals surface area contributed by atoms with Crippen LogP contribution in [0.15, 0.2) is 18.2 Å². The monoisotopic (exact) mass is 1450 g/mol. The van der Waals surface area contributed by atoms with Gasteiger partial charge in [-0.05, 0) is 112 Å². The number of alkyl halides is 3. The van der Waals surface area contributed by atoms with Gasteiger partial charge in [0.05, 0.1) is 41.2 Å². The fraction of sp³-hybridized carbons (Fsp3) is 0.757. The molecule has 5 heterocycles. The number of nitrogens with one attached hydrogen (secondary N) is 2. The lowest BCUT2D eigenvalue weighted by atomic mass is 9.84. The molecule has 0 radical (unpaired) electrons. The number of carbonyl (C=O) groups is 11. The van der Waals surface area contributed by atoms with Crippen molar-refractivity contribution in [1.82, 2.24) is 59.6 Å².